The lowest BCUT2D eigenvalue weighted by Crippen LogP contribution is -2.17. The van der Waals surface area contributed by atoms with Crippen LogP contribution in [0.1, 0.15) is 63.0 Å². The Kier molecular flexibility index (Phi) is 4.39. The van der Waals surface area contributed by atoms with Gasteiger partial charge in [-0.2, -0.15) is 0 Å². The normalized spacial score (nSPS) is 12.3. The molecule has 0 amide bonds. The number of hydrogen-bond donors (Lipinski definition) is 1. The number of hydrogen-bond acceptors (Lipinski definition) is 1. The first-order valence-electron chi connectivity index (χ1n) is 7.99. The highest BCUT2D eigenvalue weighted by Gasteiger charge is 2.24. The van der Waals surface area contributed by atoms with E-state index >= 15 is 0 Å². The van der Waals surface area contributed by atoms with Crippen molar-refractivity contribution in [2.75, 3.05) is 0 Å². The van der Waals surface area contributed by atoms with Gasteiger partial charge in [-0.25, -0.2) is 4.79 Å². The maximum absolute atomic E-state index is 11.6. The first-order valence-corrected chi connectivity index (χ1v) is 7.99. The van der Waals surface area contributed by atoms with E-state index in [2.05, 4.69) is 59.7 Å². The van der Waals surface area contributed by atoms with Crippen LogP contribution in [0, 0.1) is 0 Å². The molecule has 122 valence electrons. The van der Waals surface area contributed by atoms with Crippen molar-refractivity contribution >= 4 is 5.97 Å². The highest BCUT2D eigenvalue weighted by atomic mass is 16.4. The minimum atomic E-state index is -0.889. The fourth-order valence-corrected chi connectivity index (χ4v) is 2.77. The molecule has 0 saturated heterocycles. The van der Waals surface area contributed by atoms with E-state index in [9.17, 15) is 9.90 Å². The van der Waals surface area contributed by atoms with Crippen LogP contribution in [-0.2, 0) is 10.8 Å². The zero-order chi connectivity index (χ0) is 17.4. The van der Waals surface area contributed by atoms with Crippen LogP contribution in [0.4, 0.5) is 0 Å². The van der Waals surface area contributed by atoms with E-state index in [0.29, 0.717) is 5.56 Å². The number of rotatable bonds is 2. The smallest absolute Gasteiger partial charge is 0.336 e. The Hall–Kier alpha value is -2.09. The predicted octanol–water partition coefficient (Wildman–Crippen LogP) is 5.65. The average Bonchev–Trinajstić information content (AvgIpc) is 2.44. The van der Waals surface area contributed by atoms with Gasteiger partial charge in [0.25, 0.3) is 0 Å². The molecule has 0 fully saturated rings. The Morgan fingerprint density at radius 2 is 1.43 bits per heavy atom. The maximum Gasteiger partial charge on any atom is 0.336 e. The van der Waals surface area contributed by atoms with Crippen molar-refractivity contribution in [3.8, 4) is 11.1 Å². The molecule has 23 heavy (non-hydrogen) atoms. The van der Waals surface area contributed by atoms with Crippen molar-refractivity contribution in [1.29, 1.82) is 0 Å². The van der Waals surface area contributed by atoms with Gasteiger partial charge >= 0.3 is 5.97 Å². The van der Waals surface area contributed by atoms with E-state index in [1.54, 1.807) is 12.1 Å². The molecule has 2 aromatic carbocycles. The Morgan fingerprint density at radius 3 is 1.96 bits per heavy atom. The molecule has 0 unspecified atom stereocenters. The zero-order valence-electron chi connectivity index (χ0n) is 14.9. The minimum Gasteiger partial charge on any atom is -0.478 e. The van der Waals surface area contributed by atoms with Gasteiger partial charge in [0.15, 0.2) is 0 Å². The minimum absolute atomic E-state index is 0.0604. The van der Waals surface area contributed by atoms with Crippen LogP contribution < -0.4 is 0 Å². The topological polar surface area (TPSA) is 37.3 Å². The molecule has 0 bridgehead atoms. The van der Waals surface area contributed by atoms with Gasteiger partial charge < -0.3 is 5.11 Å². The number of carboxylic acids is 1. The van der Waals surface area contributed by atoms with Crippen LogP contribution >= 0.6 is 0 Å². The molecule has 0 spiro atoms. The second-order valence-corrected chi connectivity index (χ2v) is 8.11. The van der Waals surface area contributed by atoms with Gasteiger partial charge in [-0.05, 0) is 39.2 Å². The van der Waals surface area contributed by atoms with Crippen molar-refractivity contribution in [2.24, 2.45) is 0 Å². The molecule has 1 N–H and O–H groups in total. The van der Waals surface area contributed by atoms with Gasteiger partial charge in [0.1, 0.15) is 0 Å². The number of benzene rings is 2. The molecule has 0 saturated carbocycles. The van der Waals surface area contributed by atoms with Crippen molar-refractivity contribution < 1.29 is 9.90 Å². The van der Waals surface area contributed by atoms with Crippen LogP contribution in [0.5, 0.6) is 0 Å². The van der Waals surface area contributed by atoms with Crippen LogP contribution in [0.3, 0.4) is 0 Å². The first kappa shape index (κ1) is 17.3. The second kappa shape index (κ2) is 5.84. The van der Waals surface area contributed by atoms with Gasteiger partial charge in [-0.3, -0.25) is 0 Å². The van der Waals surface area contributed by atoms with Crippen LogP contribution in [0.2, 0.25) is 0 Å². The Morgan fingerprint density at radius 1 is 0.826 bits per heavy atom. The van der Waals surface area contributed by atoms with E-state index in [4.69, 9.17) is 0 Å². The zero-order valence-corrected chi connectivity index (χ0v) is 14.9. The third-order valence-corrected chi connectivity index (χ3v) is 4.14. The van der Waals surface area contributed by atoms with Gasteiger partial charge in [0.05, 0.1) is 5.56 Å². The standard InChI is InChI=1S/C21H26O2/c1-20(2,3)14-11-12-16(18(13-14)21(4,5)6)15-9-7-8-10-17(15)19(22)23/h7-13H,1-6H3,(H,22,23). The summed E-state index contributed by atoms with van der Waals surface area (Å²) in [6.07, 6.45) is 0. The lowest BCUT2D eigenvalue weighted by molar-refractivity contribution is 0.0697. The summed E-state index contributed by atoms with van der Waals surface area (Å²) in [7, 11) is 0. The quantitative estimate of drug-likeness (QED) is 0.778. The fourth-order valence-electron chi connectivity index (χ4n) is 2.77. The molecule has 0 aliphatic heterocycles. The van der Waals surface area contributed by atoms with Crippen LogP contribution in [0.25, 0.3) is 11.1 Å². The molecule has 2 heteroatoms. The average molecular weight is 310 g/mol. The second-order valence-electron chi connectivity index (χ2n) is 8.11. The van der Waals surface area contributed by atoms with Crippen molar-refractivity contribution in [3.63, 3.8) is 0 Å². The molecule has 2 nitrogen and oxygen atoms in total. The number of carboxylic acid groups (broad SMARTS) is 1. The third-order valence-electron chi connectivity index (χ3n) is 4.14. The van der Waals surface area contributed by atoms with E-state index in [1.165, 1.54) is 11.1 Å². The van der Waals surface area contributed by atoms with E-state index < -0.39 is 5.97 Å². The molecule has 0 aromatic heterocycles. The van der Waals surface area contributed by atoms with Gasteiger partial charge in [0, 0.05) is 0 Å². The summed E-state index contributed by atoms with van der Waals surface area (Å²) >= 11 is 0. The summed E-state index contributed by atoms with van der Waals surface area (Å²) in [5, 5.41) is 9.50. The van der Waals surface area contributed by atoms with E-state index in [1.807, 2.05) is 12.1 Å². The summed E-state index contributed by atoms with van der Waals surface area (Å²) in [5.41, 5.74) is 4.57. The lowest BCUT2D eigenvalue weighted by atomic mass is 9.77. The molecule has 0 radical (unpaired) electrons. The van der Waals surface area contributed by atoms with Crippen molar-refractivity contribution in [2.45, 2.75) is 52.4 Å². The molecular weight excluding hydrogens is 284 g/mol. The first-order chi connectivity index (χ1) is 10.5. The summed E-state index contributed by atoms with van der Waals surface area (Å²) in [5.74, 6) is -0.889. The Balaban J connectivity index is 2.76. The molecule has 0 heterocycles. The summed E-state index contributed by atoms with van der Waals surface area (Å²) < 4.78 is 0. The van der Waals surface area contributed by atoms with Crippen molar-refractivity contribution in [1.82, 2.24) is 0 Å². The van der Waals surface area contributed by atoms with Crippen molar-refractivity contribution in [3.05, 3.63) is 59.2 Å². The largest absolute Gasteiger partial charge is 0.478 e. The Labute approximate surface area is 139 Å². The number of carbonyl (C=O) groups is 1. The fraction of sp³-hybridized carbons (Fsp3) is 0.381. The SMILES string of the molecule is CC(C)(C)c1ccc(-c2ccccc2C(=O)O)c(C(C)(C)C)c1. The molecular formula is C21H26O2. The van der Waals surface area contributed by atoms with Gasteiger partial charge in [0.2, 0.25) is 0 Å². The summed E-state index contributed by atoms with van der Waals surface area (Å²) in [6.45, 7) is 13.1. The van der Waals surface area contributed by atoms with Gasteiger partial charge in [-0.15, -0.1) is 0 Å². The van der Waals surface area contributed by atoms with E-state index in [0.717, 1.165) is 11.1 Å². The maximum atomic E-state index is 11.6. The predicted molar refractivity (Wildman–Crippen MR) is 96.2 cm³/mol. The Bertz CT molecular complexity index is 728. The lowest BCUT2D eigenvalue weighted by Gasteiger charge is -2.28. The third kappa shape index (κ3) is 3.64. The molecule has 2 aromatic rings. The van der Waals surface area contributed by atoms with Gasteiger partial charge in [-0.1, -0.05) is 77.9 Å². The number of aromatic carboxylic acids is 1. The van der Waals surface area contributed by atoms with Crippen LogP contribution in [-0.4, -0.2) is 11.1 Å². The van der Waals surface area contributed by atoms with E-state index in [-0.39, 0.29) is 10.8 Å². The van der Waals surface area contributed by atoms with Crippen LogP contribution in [0.15, 0.2) is 42.5 Å². The molecule has 0 atom stereocenters. The monoisotopic (exact) mass is 310 g/mol. The highest BCUT2D eigenvalue weighted by Crippen LogP contribution is 2.37. The highest BCUT2D eigenvalue weighted by molar-refractivity contribution is 5.96. The molecule has 2 rings (SSSR count). The molecule has 0 aliphatic rings. The molecule has 0 aliphatic carbocycles. The summed E-state index contributed by atoms with van der Waals surface area (Å²) in [6, 6.07) is 13.6. The summed E-state index contributed by atoms with van der Waals surface area (Å²) in [4.78, 5) is 11.6.